The zero-order valence-corrected chi connectivity index (χ0v) is 10.5. The van der Waals surface area contributed by atoms with E-state index in [1.807, 2.05) is 29.6 Å². The van der Waals surface area contributed by atoms with Gasteiger partial charge in [-0.15, -0.1) is 0 Å². The molecule has 18 heavy (non-hydrogen) atoms. The van der Waals surface area contributed by atoms with Gasteiger partial charge in [0.1, 0.15) is 0 Å². The molecule has 0 radical (unpaired) electrons. The van der Waals surface area contributed by atoms with Crippen molar-refractivity contribution in [3.05, 3.63) is 36.5 Å². The van der Waals surface area contributed by atoms with Crippen LogP contribution in [0.4, 0.5) is 0 Å². The van der Waals surface area contributed by atoms with Crippen LogP contribution in [-0.2, 0) is 20.6 Å². The molecule has 0 fully saturated rings. The van der Waals surface area contributed by atoms with Gasteiger partial charge in [0, 0.05) is 26.2 Å². The van der Waals surface area contributed by atoms with Gasteiger partial charge in [-0.2, -0.15) is 0 Å². The highest BCUT2D eigenvalue weighted by Gasteiger charge is 2.11. The number of hydrogen-bond donors (Lipinski definition) is 1. The van der Waals surface area contributed by atoms with Gasteiger partial charge in [-0.05, 0) is 12.1 Å². The van der Waals surface area contributed by atoms with Crippen LogP contribution in [0.3, 0.4) is 0 Å². The summed E-state index contributed by atoms with van der Waals surface area (Å²) in [6, 6.07) is 6.18. The van der Waals surface area contributed by atoms with E-state index in [1.54, 1.807) is 6.33 Å². The van der Waals surface area contributed by atoms with E-state index in [2.05, 4.69) is 28.2 Å². The van der Waals surface area contributed by atoms with Gasteiger partial charge in [-0.3, -0.25) is 0 Å². The highest BCUT2D eigenvalue weighted by molar-refractivity contribution is 5.81. The Labute approximate surface area is 105 Å². The van der Waals surface area contributed by atoms with Crippen LogP contribution in [-0.4, -0.2) is 19.1 Å². The van der Waals surface area contributed by atoms with Crippen LogP contribution in [0.1, 0.15) is 5.69 Å². The lowest BCUT2D eigenvalue weighted by Gasteiger charge is -2.03. The molecule has 0 aliphatic heterocycles. The molecule has 0 aliphatic rings. The molecule has 0 atom stereocenters. The Morgan fingerprint density at radius 3 is 2.67 bits per heavy atom. The van der Waals surface area contributed by atoms with E-state index < -0.39 is 0 Å². The summed E-state index contributed by atoms with van der Waals surface area (Å²) < 4.78 is 3.96. The maximum absolute atomic E-state index is 5.77. The van der Waals surface area contributed by atoms with Gasteiger partial charge in [0.15, 0.2) is 0 Å². The zero-order chi connectivity index (χ0) is 12.7. The fourth-order valence-corrected chi connectivity index (χ4v) is 2.22. The summed E-state index contributed by atoms with van der Waals surface area (Å²) in [5.41, 5.74) is 10.9. The fraction of sp³-hybridized carbons (Fsp3) is 0.231. The van der Waals surface area contributed by atoms with Gasteiger partial charge in [0.25, 0.3) is 0 Å². The predicted octanol–water partition coefficient (Wildman–Crippen LogP) is 1.43. The number of imidazole rings is 2. The van der Waals surface area contributed by atoms with Crippen molar-refractivity contribution < 1.29 is 0 Å². The molecule has 2 heterocycles. The third-order valence-electron chi connectivity index (χ3n) is 3.25. The molecule has 0 aliphatic carbocycles. The number of aryl methyl sites for hydroxylation is 2. The smallest absolute Gasteiger partial charge is 0.0955 e. The third-order valence-corrected chi connectivity index (χ3v) is 3.25. The summed E-state index contributed by atoms with van der Waals surface area (Å²) in [4.78, 5) is 8.78. The van der Waals surface area contributed by atoms with E-state index in [0.29, 0.717) is 6.54 Å². The third kappa shape index (κ3) is 1.52. The van der Waals surface area contributed by atoms with Crippen molar-refractivity contribution in [2.45, 2.75) is 6.54 Å². The molecule has 2 aromatic heterocycles. The number of fused-ring (bicyclic) bond motifs is 1. The van der Waals surface area contributed by atoms with Crippen molar-refractivity contribution in [1.29, 1.82) is 0 Å². The standard InChI is InChI=1S/C13H15N5/c1-17-7-15-10-5-9(3-4-11(10)17)13-12(6-14)18(2)8-16-13/h3-5,7-8H,6,14H2,1-2H3. The minimum atomic E-state index is 0.478. The molecule has 3 rings (SSSR count). The van der Waals surface area contributed by atoms with E-state index in [9.17, 15) is 0 Å². The predicted molar refractivity (Wildman–Crippen MR) is 70.8 cm³/mol. The first-order chi connectivity index (χ1) is 8.70. The normalized spacial score (nSPS) is 11.3. The molecule has 2 N–H and O–H groups in total. The Bertz CT molecular complexity index is 707. The molecule has 0 bridgehead atoms. The molecule has 92 valence electrons. The average molecular weight is 241 g/mol. The van der Waals surface area contributed by atoms with Gasteiger partial charge < -0.3 is 14.9 Å². The average Bonchev–Trinajstić information content (AvgIpc) is 2.93. The van der Waals surface area contributed by atoms with Crippen LogP contribution < -0.4 is 5.73 Å². The monoisotopic (exact) mass is 241 g/mol. The van der Waals surface area contributed by atoms with Crippen LogP contribution in [0.15, 0.2) is 30.9 Å². The highest BCUT2D eigenvalue weighted by Crippen LogP contribution is 2.24. The van der Waals surface area contributed by atoms with E-state index in [4.69, 9.17) is 5.73 Å². The second kappa shape index (κ2) is 3.96. The van der Waals surface area contributed by atoms with E-state index in [1.165, 1.54) is 0 Å². The van der Waals surface area contributed by atoms with Gasteiger partial charge in [0.2, 0.25) is 0 Å². The molecule has 0 saturated carbocycles. The van der Waals surface area contributed by atoms with Crippen molar-refractivity contribution in [2.24, 2.45) is 19.8 Å². The molecule has 1 aromatic carbocycles. The van der Waals surface area contributed by atoms with Crippen LogP contribution in [0.2, 0.25) is 0 Å². The van der Waals surface area contributed by atoms with Crippen molar-refractivity contribution in [1.82, 2.24) is 19.1 Å². The summed E-state index contributed by atoms with van der Waals surface area (Å²) >= 11 is 0. The molecule has 0 unspecified atom stereocenters. The van der Waals surface area contributed by atoms with Crippen LogP contribution in [0.5, 0.6) is 0 Å². The highest BCUT2D eigenvalue weighted by atomic mass is 15.0. The van der Waals surface area contributed by atoms with Gasteiger partial charge >= 0.3 is 0 Å². The van der Waals surface area contributed by atoms with E-state index >= 15 is 0 Å². The summed E-state index contributed by atoms with van der Waals surface area (Å²) in [6.45, 7) is 0.478. The van der Waals surface area contributed by atoms with Crippen molar-refractivity contribution in [2.75, 3.05) is 0 Å². The zero-order valence-electron chi connectivity index (χ0n) is 10.5. The second-order valence-corrected chi connectivity index (χ2v) is 4.41. The Morgan fingerprint density at radius 1 is 1.11 bits per heavy atom. The molecule has 5 nitrogen and oxygen atoms in total. The molecular weight excluding hydrogens is 226 g/mol. The lowest BCUT2D eigenvalue weighted by molar-refractivity contribution is 0.822. The number of nitrogens with zero attached hydrogens (tertiary/aromatic N) is 4. The molecular formula is C13H15N5. The van der Waals surface area contributed by atoms with Crippen molar-refractivity contribution in [3.63, 3.8) is 0 Å². The van der Waals surface area contributed by atoms with Crippen LogP contribution >= 0.6 is 0 Å². The lowest BCUT2D eigenvalue weighted by atomic mass is 10.1. The van der Waals surface area contributed by atoms with Crippen LogP contribution in [0.25, 0.3) is 22.3 Å². The van der Waals surface area contributed by atoms with E-state index in [0.717, 1.165) is 28.0 Å². The Morgan fingerprint density at radius 2 is 1.89 bits per heavy atom. The first-order valence-electron chi connectivity index (χ1n) is 5.82. The van der Waals surface area contributed by atoms with Crippen LogP contribution in [0, 0.1) is 0 Å². The van der Waals surface area contributed by atoms with Gasteiger partial charge in [-0.1, -0.05) is 6.07 Å². The van der Waals surface area contributed by atoms with E-state index in [-0.39, 0.29) is 0 Å². The number of aromatic nitrogens is 4. The number of nitrogens with two attached hydrogens (primary N) is 1. The molecule has 0 amide bonds. The SMILES string of the molecule is Cn1cnc(-c2ccc3c(c2)ncn3C)c1CN. The fourth-order valence-electron chi connectivity index (χ4n) is 2.22. The van der Waals surface area contributed by atoms with Crippen molar-refractivity contribution in [3.8, 4) is 11.3 Å². The number of hydrogen-bond acceptors (Lipinski definition) is 3. The Balaban J connectivity index is 2.19. The first-order valence-corrected chi connectivity index (χ1v) is 5.82. The van der Waals surface area contributed by atoms with Gasteiger partial charge in [0.05, 0.1) is 35.1 Å². The lowest BCUT2D eigenvalue weighted by Crippen LogP contribution is -2.04. The molecule has 3 aromatic rings. The largest absolute Gasteiger partial charge is 0.336 e. The maximum atomic E-state index is 5.77. The Hall–Kier alpha value is -2.14. The summed E-state index contributed by atoms with van der Waals surface area (Å²) in [5.74, 6) is 0. The number of rotatable bonds is 2. The minimum Gasteiger partial charge on any atom is -0.336 e. The molecule has 5 heteroatoms. The molecule has 0 saturated heterocycles. The topological polar surface area (TPSA) is 61.7 Å². The molecule has 0 spiro atoms. The quantitative estimate of drug-likeness (QED) is 0.738. The summed E-state index contributed by atoms with van der Waals surface area (Å²) in [6.07, 6.45) is 3.61. The maximum Gasteiger partial charge on any atom is 0.0955 e. The number of benzene rings is 1. The summed E-state index contributed by atoms with van der Waals surface area (Å²) in [5, 5.41) is 0. The first kappa shape index (κ1) is 11.0. The van der Waals surface area contributed by atoms with Crippen molar-refractivity contribution >= 4 is 11.0 Å². The van der Waals surface area contributed by atoms with Gasteiger partial charge in [-0.25, -0.2) is 9.97 Å². The second-order valence-electron chi connectivity index (χ2n) is 4.41. The summed E-state index contributed by atoms with van der Waals surface area (Å²) in [7, 11) is 3.94. The minimum absolute atomic E-state index is 0.478. The Kier molecular flexibility index (Phi) is 2.41.